The molecular formula is C28H32N6O. The third kappa shape index (κ3) is 4.39. The van der Waals surface area contributed by atoms with Crippen LogP contribution in [0, 0.1) is 12.3 Å². The second-order valence-electron chi connectivity index (χ2n) is 9.85. The molecule has 0 aliphatic carbocycles. The third-order valence-corrected chi connectivity index (χ3v) is 7.25. The fourth-order valence-corrected chi connectivity index (χ4v) is 5.27. The van der Waals surface area contributed by atoms with Crippen LogP contribution < -0.4 is 11.1 Å². The molecular weight excluding hydrogens is 436 g/mol. The fraction of sp³-hybridized carbons (Fsp3) is 0.321. The average Bonchev–Trinajstić information content (AvgIpc) is 3.29. The van der Waals surface area contributed by atoms with Gasteiger partial charge in [-0.2, -0.15) is 0 Å². The molecule has 0 radical (unpaired) electrons. The highest BCUT2D eigenvalue weighted by atomic mass is 16.2. The Morgan fingerprint density at radius 1 is 1.14 bits per heavy atom. The molecule has 2 amide bonds. The lowest BCUT2D eigenvalue weighted by atomic mass is 9.92. The number of nitrogen functional groups attached to an aromatic ring is 1. The summed E-state index contributed by atoms with van der Waals surface area (Å²) in [5, 5.41) is 11.9. The summed E-state index contributed by atoms with van der Waals surface area (Å²) in [5.41, 5.74) is 12.4. The van der Waals surface area contributed by atoms with E-state index in [-0.39, 0.29) is 18.0 Å². The normalized spacial score (nSPS) is 20.1. The number of nitrogens with one attached hydrogen (secondary N) is 2. The minimum absolute atomic E-state index is 0.0521. The number of aromatic nitrogens is 1. The van der Waals surface area contributed by atoms with E-state index in [4.69, 9.17) is 11.1 Å². The van der Waals surface area contributed by atoms with Crippen LogP contribution in [0.1, 0.15) is 47.7 Å². The first-order chi connectivity index (χ1) is 16.8. The molecule has 180 valence electrons. The van der Waals surface area contributed by atoms with E-state index in [1.54, 1.807) is 12.3 Å². The Morgan fingerprint density at radius 2 is 1.91 bits per heavy atom. The Hall–Kier alpha value is -3.71. The molecule has 2 atom stereocenters. The van der Waals surface area contributed by atoms with Gasteiger partial charge < -0.3 is 16.0 Å². The number of amides is 2. The van der Waals surface area contributed by atoms with Gasteiger partial charge in [-0.05, 0) is 56.2 Å². The Bertz CT molecular complexity index is 1270. The number of likely N-dealkylation sites (tertiary alicyclic amines) is 1. The Balaban J connectivity index is 1.48. The maximum absolute atomic E-state index is 13.3. The van der Waals surface area contributed by atoms with Crippen LogP contribution in [0.4, 0.5) is 16.2 Å². The number of anilines is 2. The van der Waals surface area contributed by atoms with Gasteiger partial charge in [-0.3, -0.25) is 15.3 Å². The van der Waals surface area contributed by atoms with E-state index >= 15 is 0 Å². The quantitative estimate of drug-likeness (QED) is 0.376. The van der Waals surface area contributed by atoms with Crippen LogP contribution >= 0.6 is 0 Å². The lowest BCUT2D eigenvalue weighted by Crippen LogP contribution is -2.48. The van der Waals surface area contributed by atoms with E-state index in [1.165, 1.54) is 5.56 Å². The number of carbonyl (C=O) groups excluding carboxylic acids is 1. The molecule has 35 heavy (non-hydrogen) atoms. The highest BCUT2D eigenvalue weighted by molar-refractivity contribution is 6.14. The molecule has 1 saturated heterocycles. The maximum atomic E-state index is 13.3. The first kappa shape index (κ1) is 23.1. The van der Waals surface area contributed by atoms with Gasteiger partial charge in [0.05, 0.1) is 11.8 Å². The van der Waals surface area contributed by atoms with Gasteiger partial charge in [0.1, 0.15) is 0 Å². The minimum atomic E-state index is -0.0963. The van der Waals surface area contributed by atoms with Gasteiger partial charge in [0.2, 0.25) is 0 Å². The predicted molar refractivity (Wildman–Crippen MR) is 140 cm³/mol. The van der Waals surface area contributed by atoms with Gasteiger partial charge in [0, 0.05) is 66.0 Å². The Labute approximate surface area is 206 Å². The number of urea groups is 1. The van der Waals surface area contributed by atoms with Gasteiger partial charge in [-0.25, -0.2) is 4.79 Å². The fourth-order valence-electron chi connectivity index (χ4n) is 5.27. The van der Waals surface area contributed by atoms with Crippen molar-refractivity contribution in [3.8, 4) is 0 Å². The van der Waals surface area contributed by atoms with E-state index in [2.05, 4.69) is 53.3 Å². The molecule has 0 bridgehead atoms. The number of carbonyl (C=O) groups is 1. The second kappa shape index (κ2) is 9.15. The molecule has 2 aliphatic heterocycles. The van der Waals surface area contributed by atoms with Crippen LogP contribution in [0.25, 0.3) is 0 Å². The molecule has 4 N–H and O–H groups in total. The zero-order valence-electron chi connectivity index (χ0n) is 20.5. The molecule has 3 aromatic rings. The molecule has 1 fully saturated rings. The van der Waals surface area contributed by atoms with E-state index in [1.807, 2.05) is 36.1 Å². The van der Waals surface area contributed by atoms with Crippen molar-refractivity contribution < 1.29 is 4.79 Å². The van der Waals surface area contributed by atoms with Crippen molar-refractivity contribution in [3.63, 3.8) is 0 Å². The molecule has 2 aliphatic rings. The molecule has 0 spiro atoms. The van der Waals surface area contributed by atoms with Gasteiger partial charge in [0.15, 0.2) is 0 Å². The number of pyridine rings is 1. The smallest absolute Gasteiger partial charge is 0.322 e. The lowest BCUT2D eigenvalue weighted by Gasteiger charge is -2.37. The van der Waals surface area contributed by atoms with E-state index in [9.17, 15) is 4.79 Å². The molecule has 3 heterocycles. The average molecular weight is 469 g/mol. The number of nitrogens with two attached hydrogens (primary N) is 1. The Morgan fingerprint density at radius 3 is 2.63 bits per heavy atom. The van der Waals surface area contributed by atoms with E-state index in [0.717, 1.165) is 35.6 Å². The number of fused-ring (bicyclic) bond motifs is 1. The topological polar surface area (TPSA) is 98.3 Å². The van der Waals surface area contributed by atoms with E-state index in [0.29, 0.717) is 29.5 Å². The number of hydrogen-bond acceptors (Lipinski definition) is 5. The summed E-state index contributed by atoms with van der Waals surface area (Å²) in [7, 11) is 0. The van der Waals surface area contributed by atoms with Crippen LogP contribution in [0.2, 0.25) is 0 Å². The van der Waals surface area contributed by atoms with Crippen LogP contribution in [0.5, 0.6) is 0 Å². The van der Waals surface area contributed by atoms with Crippen molar-refractivity contribution in [2.75, 3.05) is 24.1 Å². The van der Waals surface area contributed by atoms with Gasteiger partial charge in [0.25, 0.3) is 0 Å². The largest absolute Gasteiger partial charge is 0.398 e. The van der Waals surface area contributed by atoms with Crippen LogP contribution in [-0.2, 0) is 6.54 Å². The molecule has 2 aromatic carbocycles. The predicted octanol–water partition coefficient (Wildman–Crippen LogP) is 4.61. The van der Waals surface area contributed by atoms with Crippen LogP contribution in [-0.4, -0.2) is 51.7 Å². The summed E-state index contributed by atoms with van der Waals surface area (Å²) in [6.45, 7) is 8.55. The highest BCUT2D eigenvalue weighted by Gasteiger charge is 2.41. The lowest BCUT2D eigenvalue weighted by molar-refractivity contribution is 0.171. The highest BCUT2D eigenvalue weighted by Crippen LogP contribution is 2.37. The van der Waals surface area contributed by atoms with Crippen molar-refractivity contribution >= 4 is 23.1 Å². The van der Waals surface area contributed by atoms with E-state index < -0.39 is 0 Å². The summed E-state index contributed by atoms with van der Waals surface area (Å²) < 4.78 is 0. The van der Waals surface area contributed by atoms with Crippen molar-refractivity contribution in [3.05, 3.63) is 88.7 Å². The Kier molecular flexibility index (Phi) is 6.03. The second-order valence-corrected chi connectivity index (χ2v) is 9.85. The van der Waals surface area contributed by atoms with Crippen LogP contribution in [0.15, 0.2) is 60.8 Å². The molecule has 5 rings (SSSR count). The molecule has 0 saturated carbocycles. The zero-order valence-corrected chi connectivity index (χ0v) is 20.5. The SMILES string of the molecule is Cc1cc(C(=N)c2cc3c(cc2N)NC(=O)N([C@@H]2CN(C(C)C)C[C@H]2c2ccccc2)C3)ccn1. The maximum Gasteiger partial charge on any atom is 0.322 e. The number of aryl methyl sites for hydroxylation is 1. The molecule has 1 aromatic heterocycles. The monoisotopic (exact) mass is 468 g/mol. The first-order valence-corrected chi connectivity index (χ1v) is 12.1. The zero-order chi connectivity index (χ0) is 24.7. The summed E-state index contributed by atoms with van der Waals surface area (Å²) in [4.78, 5) is 21.9. The van der Waals surface area contributed by atoms with Gasteiger partial charge in [-0.1, -0.05) is 30.3 Å². The molecule has 7 nitrogen and oxygen atoms in total. The number of nitrogens with zero attached hydrogens (tertiary/aromatic N) is 3. The minimum Gasteiger partial charge on any atom is -0.398 e. The number of hydrogen-bond donors (Lipinski definition) is 3. The number of rotatable bonds is 5. The van der Waals surface area contributed by atoms with Crippen molar-refractivity contribution in [1.29, 1.82) is 5.41 Å². The third-order valence-electron chi connectivity index (χ3n) is 7.25. The molecule has 0 unspecified atom stereocenters. The van der Waals surface area contributed by atoms with Crippen molar-refractivity contribution in [1.82, 2.24) is 14.8 Å². The first-order valence-electron chi connectivity index (χ1n) is 12.1. The van der Waals surface area contributed by atoms with Gasteiger partial charge in [-0.15, -0.1) is 0 Å². The van der Waals surface area contributed by atoms with Gasteiger partial charge >= 0.3 is 6.03 Å². The molecule has 7 heteroatoms. The summed E-state index contributed by atoms with van der Waals surface area (Å²) in [5.74, 6) is 0.234. The van der Waals surface area contributed by atoms with Crippen LogP contribution in [0.3, 0.4) is 0 Å². The number of benzene rings is 2. The summed E-state index contributed by atoms with van der Waals surface area (Å²) in [6.07, 6.45) is 1.71. The standard InChI is InChI=1S/C28H32N6O/c1-17(2)33-15-23(19-7-5-4-6-8-19)26(16-33)34-14-21-12-22(24(29)13-25(21)32-28(34)35)27(30)20-9-10-31-18(3)11-20/h4-13,17,23,26,30H,14-16,29H2,1-3H3,(H,32,35)/t23-,26+/m0/s1. The summed E-state index contributed by atoms with van der Waals surface area (Å²) in [6, 6.07) is 18.3. The van der Waals surface area contributed by atoms with Crippen molar-refractivity contribution in [2.45, 2.75) is 45.3 Å². The summed E-state index contributed by atoms with van der Waals surface area (Å²) >= 11 is 0. The van der Waals surface area contributed by atoms with Crippen molar-refractivity contribution in [2.24, 2.45) is 0 Å².